The van der Waals surface area contributed by atoms with Gasteiger partial charge in [0.2, 0.25) is 0 Å². The zero-order valence-corrected chi connectivity index (χ0v) is 14.8. The van der Waals surface area contributed by atoms with Crippen molar-refractivity contribution in [2.45, 2.75) is 19.9 Å². The number of carbonyl (C=O) groups is 1. The minimum atomic E-state index is -0.202. The molecule has 3 nitrogen and oxygen atoms in total. The number of halogens is 2. The minimum Gasteiger partial charge on any atom is -0.508 e. The lowest BCUT2D eigenvalue weighted by Crippen LogP contribution is -2.27. The van der Waals surface area contributed by atoms with E-state index in [1.165, 1.54) is 6.07 Å². The summed E-state index contributed by atoms with van der Waals surface area (Å²) in [4.78, 5) is 12.3. The molecule has 1 amide bonds. The van der Waals surface area contributed by atoms with Gasteiger partial charge in [0.1, 0.15) is 5.75 Å². The fourth-order valence-corrected chi connectivity index (χ4v) is 3.37. The van der Waals surface area contributed by atoms with Crippen LogP contribution in [0.2, 0.25) is 0 Å². The Balaban J connectivity index is 2.20. The molecule has 0 spiro atoms. The van der Waals surface area contributed by atoms with Crippen LogP contribution in [0.3, 0.4) is 0 Å². The van der Waals surface area contributed by atoms with Crippen LogP contribution in [0.4, 0.5) is 0 Å². The molecule has 21 heavy (non-hydrogen) atoms. The topological polar surface area (TPSA) is 49.3 Å². The first-order chi connectivity index (χ1) is 9.86. The van der Waals surface area contributed by atoms with Crippen molar-refractivity contribution in [3.8, 4) is 5.75 Å². The smallest absolute Gasteiger partial charge is 0.252 e. The van der Waals surface area contributed by atoms with Gasteiger partial charge in [-0.15, -0.1) is 0 Å². The maximum atomic E-state index is 12.3. The molecule has 0 radical (unpaired) electrons. The van der Waals surface area contributed by atoms with Crippen LogP contribution in [0.25, 0.3) is 0 Å². The van der Waals surface area contributed by atoms with Gasteiger partial charge in [0.25, 0.3) is 5.91 Å². The van der Waals surface area contributed by atoms with E-state index in [1.54, 1.807) is 12.1 Å². The number of carbonyl (C=O) groups excluding carboxylic acids is 1. The summed E-state index contributed by atoms with van der Waals surface area (Å²) in [6.45, 7) is 3.76. The number of amides is 1. The zero-order chi connectivity index (χ0) is 15.6. The Morgan fingerprint density at radius 2 is 1.76 bits per heavy atom. The number of nitrogens with one attached hydrogen (secondary N) is 1. The van der Waals surface area contributed by atoms with Gasteiger partial charge in [-0.2, -0.15) is 0 Å². The Morgan fingerprint density at radius 3 is 2.38 bits per heavy atom. The lowest BCUT2D eigenvalue weighted by atomic mass is 10.1. The van der Waals surface area contributed by atoms with Gasteiger partial charge in [-0.25, -0.2) is 0 Å². The Morgan fingerprint density at radius 1 is 1.14 bits per heavy atom. The van der Waals surface area contributed by atoms with Crippen LogP contribution in [0.15, 0.2) is 45.3 Å². The molecule has 2 N–H and O–H groups in total. The summed E-state index contributed by atoms with van der Waals surface area (Å²) < 4.78 is 1.89. The highest BCUT2D eigenvalue weighted by molar-refractivity contribution is 9.11. The second-order valence-electron chi connectivity index (χ2n) is 4.90. The van der Waals surface area contributed by atoms with Crippen LogP contribution in [0, 0.1) is 6.92 Å². The molecule has 2 aromatic carbocycles. The van der Waals surface area contributed by atoms with Crippen LogP contribution < -0.4 is 5.32 Å². The molecule has 0 aliphatic rings. The Bertz CT molecular complexity index is 666. The van der Waals surface area contributed by atoms with E-state index in [-0.39, 0.29) is 17.7 Å². The third-order valence-electron chi connectivity index (χ3n) is 3.20. The molecule has 0 saturated carbocycles. The SMILES string of the molecule is Cc1ccc(O)cc1C(=O)N[C@H](C)c1cc(Br)cc(Br)c1. The van der Waals surface area contributed by atoms with Gasteiger partial charge in [0.05, 0.1) is 6.04 Å². The molecular formula is C16H15Br2NO2. The number of benzene rings is 2. The van der Waals surface area contributed by atoms with Gasteiger partial charge in [-0.05, 0) is 55.3 Å². The summed E-state index contributed by atoms with van der Waals surface area (Å²) in [5.41, 5.74) is 2.30. The van der Waals surface area contributed by atoms with Gasteiger partial charge in [-0.1, -0.05) is 37.9 Å². The van der Waals surface area contributed by atoms with E-state index in [0.717, 1.165) is 20.1 Å². The van der Waals surface area contributed by atoms with E-state index in [0.29, 0.717) is 5.56 Å². The van der Waals surface area contributed by atoms with E-state index in [2.05, 4.69) is 37.2 Å². The van der Waals surface area contributed by atoms with Gasteiger partial charge in [0.15, 0.2) is 0 Å². The van der Waals surface area contributed by atoms with E-state index >= 15 is 0 Å². The number of aromatic hydroxyl groups is 1. The maximum absolute atomic E-state index is 12.3. The molecule has 110 valence electrons. The van der Waals surface area contributed by atoms with Crippen molar-refractivity contribution < 1.29 is 9.90 Å². The number of phenols is 1. The van der Waals surface area contributed by atoms with E-state index in [1.807, 2.05) is 32.0 Å². The second kappa shape index (κ2) is 6.62. The monoisotopic (exact) mass is 411 g/mol. The number of rotatable bonds is 3. The number of hydrogen-bond acceptors (Lipinski definition) is 2. The fourth-order valence-electron chi connectivity index (χ4n) is 2.04. The molecule has 0 heterocycles. The normalized spacial score (nSPS) is 12.0. The van der Waals surface area contributed by atoms with Crippen molar-refractivity contribution in [1.82, 2.24) is 5.32 Å². The second-order valence-corrected chi connectivity index (χ2v) is 6.73. The molecule has 0 unspecified atom stereocenters. The zero-order valence-electron chi connectivity index (χ0n) is 11.7. The highest BCUT2D eigenvalue weighted by Crippen LogP contribution is 2.24. The average Bonchev–Trinajstić information content (AvgIpc) is 2.40. The molecule has 2 rings (SSSR count). The van der Waals surface area contributed by atoms with E-state index in [9.17, 15) is 9.90 Å². The molecule has 1 atom stereocenters. The first-order valence-electron chi connectivity index (χ1n) is 6.43. The fraction of sp³-hybridized carbons (Fsp3) is 0.188. The van der Waals surface area contributed by atoms with Crippen LogP contribution >= 0.6 is 31.9 Å². The summed E-state index contributed by atoms with van der Waals surface area (Å²) >= 11 is 6.88. The minimum absolute atomic E-state index is 0.0867. The lowest BCUT2D eigenvalue weighted by Gasteiger charge is -2.16. The third-order valence-corrected chi connectivity index (χ3v) is 4.11. The highest BCUT2D eigenvalue weighted by atomic mass is 79.9. The van der Waals surface area contributed by atoms with Crippen molar-refractivity contribution in [2.24, 2.45) is 0 Å². The van der Waals surface area contributed by atoms with Crippen molar-refractivity contribution in [1.29, 1.82) is 0 Å². The Labute approximate surface area is 140 Å². The Kier molecular flexibility index (Phi) is 5.06. The average molecular weight is 413 g/mol. The standard InChI is InChI=1S/C16H15Br2NO2/c1-9-3-4-14(20)8-15(9)16(21)19-10(2)11-5-12(17)7-13(18)6-11/h3-8,10,20H,1-2H3,(H,19,21)/t10-/m1/s1. The van der Waals surface area contributed by atoms with Crippen molar-refractivity contribution in [3.63, 3.8) is 0 Å². The molecule has 0 aliphatic heterocycles. The van der Waals surface area contributed by atoms with Crippen molar-refractivity contribution in [2.75, 3.05) is 0 Å². The van der Waals surface area contributed by atoms with Crippen molar-refractivity contribution in [3.05, 3.63) is 62.0 Å². The first kappa shape index (κ1) is 16.0. The van der Waals surface area contributed by atoms with Crippen LogP contribution in [-0.2, 0) is 0 Å². The van der Waals surface area contributed by atoms with Crippen LogP contribution in [-0.4, -0.2) is 11.0 Å². The number of phenolic OH excluding ortho intramolecular Hbond substituents is 1. The largest absolute Gasteiger partial charge is 0.508 e. The molecule has 5 heteroatoms. The molecule has 0 fully saturated rings. The quantitative estimate of drug-likeness (QED) is 0.766. The maximum Gasteiger partial charge on any atom is 0.252 e. The Hall–Kier alpha value is -1.33. The molecule has 0 saturated heterocycles. The summed E-state index contributed by atoms with van der Waals surface area (Å²) in [6, 6.07) is 10.5. The van der Waals surface area contributed by atoms with Crippen molar-refractivity contribution >= 4 is 37.8 Å². The van der Waals surface area contributed by atoms with Gasteiger partial charge in [0, 0.05) is 14.5 Å². The molecule has 0 bridgehead atoms. The van der Waals surface area contributed by atoms with Gasteiger partial charge >= 0.3 is 0 Å². The summed E-state index contributed by atoms with van der Waals surface area (Å²) in [5, 5.41) is 12.5. The van der Waals surface area contributed by atoms with Gasteiger partial charge < -0.3 is 10.4 Å². The van der Waals surface area contributed by atoms with E-state index in [4.69, 9.17) is 0 Å². The first-order valence-corrected chi connectivity index (χ1v) is 8.02. The number of aryl methyl sites for hydroxylation is 1. The van der Waals surface area contributed by atoms with Crippen LogP contribution in [0.5, 0.6) is 5.75 Å². The predicted octanol–water partition coefficient (Wildman–Crippen LogP) is 4.72. The molecule has 2 aromatic rings. The number of hydrogen-bond donors (Lipinski definition) is 2. The molecule has 0 aromatic heterocycles. The predicted molar refractivity (Wildman–Crippen MR) is 90.6 cm³/mol. The summed E-state index contributed by atoms with van der Waals surface area (Å²) in [7, 11) is 0. The van der Waals surface area contributed by atoms with E-state index < -0.39 is 0 Å². The highest BCUT2D eigenvalue weighted by Gasteiger charge is 2.14. The van der Waals surface area contributed by atoms with Gasteiger partial charge in [-0.3, -0.25) is 4.79 Å². The lowest BCUT2D eigenvalue weighted by molar-refractivity contribution is 0.0939. The summed E-state index contributed by atoms with van der Waals surface area (Å²) in [5.74, 6) is -0.115. The third kappa shape index (κ3) is 4.08. The molecule has 0 aliphatic carbocycles. The van der Waals surface area contributed by atoms with Crippen LogP contribution in [0.1, 0.15) is 34.5 Å². The summed E-state index contributed by atoms with van der Waals surface area (Å²) in [6.07, 6.45) is 0. The molecular weight excluding hydrogens is 398 g/mol.